The van der Waals surface area contributed by atoms with Crippen LogP contribution in [0, 0.1) is 0 Å². The van der Waals surface area contributed by atoms with Gasteiger partial charge in [0.2, 0.25) is 0 Å². The molecule has 0 atom stereocenters. The van der Waals surface area contributed by atoms with Crippen LogP contribution in [0.3, 0.4) is 0 Å². The van der Waals surface area contributed by atoms with Crippen LogP contribution in [0.1, 0.15) is 25.0 Å². The number of rotatable bonds is 6. The van der Waals surface area contributed by atoms with Crippen LogP contribution in [-0.2, 0) is 18.2 Å². The summed E-state index contributed by atoms with van der Waals surface area (Å²) in [6.07, 6.45) is 6.57. The Morgan fingerprint density at radius 1 is 1.56 bits per heavy atom. The average molecular weight is 223 g/mol. The minimum absolute atomic E-state index is 0.131. The molecular weight excluding hydrogens is 202 g/mol. The second kappa shape index (κ2) is 4.97. The van der Waals surface area contributed by atoms with Gasteiger partial charge in [-0.05, 0) is 25.3 Å². The molecule has 16 heavy (non-hydrogen) atoms. The van der Waals surface area contributed by atoms with Crippen LogP contribution in [-0.4, -0.2) is 35.6 Å². The standard InChI is InChI=1S/C12H21N3O/c1-15-11(5-9-14-15)4-8-13-10-12(16-2)6-3-7-12/h5,9,13H,3-4,6-8,10H2,1-2H3. The fraction of sp³-hybridized carbons (Fsp3) is 0.750. The number of aryl methyl sites for hydroxylation is 1. The van der Waals surface area contributed by atoms with E-state index in [1.54, 1.807) is 0 Å². The lowest BCUT2D eigenvalue weighted by molar-refractivity contribution is -0.0691. The molecule has 1 heterocycles. The Kier molecular flexibility index (Phi) is 3.61. The lowest BCUT2D eigenvalue weighted by atomic mass is 9.80. The molecule has 0 bridgehead atoms. The van der Waals surface area contributed by atoms with E-state index in [-0.39, 0.29) is 5.60 Å². The third-order valence-corrected chi connectivity index (χ3v) is 3.63. The zero-order valence-corrected chi connectivity index (χ0v) is 10.2. The van der Waals surface area contributed by atoms with Crippen LogP contribution < -0.4 is 5.32 Å². The molecule has 0 spiro atoms. The number of nitrogens with zero attached hydrogens (tertiary/aromatic N) is 2. The molecule has 1 aliphatic carbocycles. The van der Waals surface area contributed by atoms with Crippen LogP contribution in [0.4, 0.5) is 0 Å². The predicted molar refractivity (Wildman–Crippen MR) is 63.4 cm³/mol. The summed E-state index contributed by atoms with van der Waals surface area (Å²) in [5, 5.41) is 7.63. The topological polar surface area (TPSA) is 39.1 Å². The van der Waals surface area contributed by atoms with Crippen LogP contribution in [0.2, 0.25) is 0 Å². The third-order valence-electron chi connectivity index (χ3n) is 3.63. The van der Waals surface area contributed by atoms with Gasteiger partial charge in [-0.1, -0.05) is 0 Å². The molecule has 1 saturated carbocycles. The number of nitrogens with one attached hydrogen (secondary N) is 1. The first kappa shape index (κ1) is 11.6. The molecule has 4 nitrogen and oxygen atoms in total. The van der Waals surface area contributed by atoms with Crippen molar-refractivity contribution in [1.29, 1.82) is 0 Å². The van der Waals surface area contributed by atoms with Gasteiger partial charge >= 0.3 is 0 Å². The Labute approximate surface area is 97.0 Å². The smallest absolute Gasteiger partial charge is 0.0802 e. The van der Waals surface area contributed by atoms with Crippen LogP contribution in [0.5, 0.6) is 0 Å². The van der Waals surface area contributed by atoms with Crippen molar-refractivity contribution in [2.45, 2.75) is 31.3 Å². The van der Waals surface area contributed by atoms with Crippen molar-refractivity contribution in [3.8, 4) is 0 Å². The second-order valence-corrected chi connectivity index (χ2v) is 4.61. The van der Waals surface area contributed by atoms with Gasteiger partial charge in [0.1, 0.15) is 0 Å². The molecule has 0 aromatic carbocycles. The zero-order valence-electron chi connectivity index (χ0n) is 10.2. The number of methoxy groups -OCH3 is 1. The van der Waals surface area contributed by atoms with Gasteiger partial charge in [-0.3, -0.25) is 4.68 Å². The van der Waals surface area contributed by atoms with E-state index in [1.165, 1.54) is 25.0 Å². The van der Waals surface area contributed by atoms with Gasteiger partial charge < -0.3 is 10.1 Å². The van der Waals surface area contributed by atoms with Crippen molar-refractivity contribution in [2.24, 2.45) is 7.05 Å². The van der Waals surface area contributed by atoms with Gasteiger partial charge in [0.05, 0.1) is 5.60 Å². The molecule has 90 valence electrons. The fourth-order valence-corrected chi connectivity index (χ4v) is 2.20. The average Bonchev–Trinajstić information content (AvgIpc) is 2.62. The zero-order chi connectivity index (χ0) is 11.4. The maximum Gasteiger partial charge on any atom is 0.0802 e. The largest absolute Gasteiger partial charge is 0.377 e. The Balaban J connectivity index is 1.67. The molecule has 0 aliphatic heterocycles. The van der Waals surface area contributed by atoms with Gasteiger partial charge in [-0.2, -0.15) is 5.10 Å². The van der Waals surface area contributed by atoms with Gasteiger partial charge in [0, 0.05) is 45.6 Å². The van der Waals surface area contributed by atoms with Crippen LogP contribution >= 0.6 is 0 Å². The van der Waals surface area contributed by atoms with Gasteiger partial charge in [-0.15, -0.1) is 0 Å². The molecule has 1 aromatic heterocycles. The highest BCUT2D eigenvalue weighted by Crippen LogP contribution is 2.34. The summed E-state index contributed by atoms with van der Waals surface area (Å²) < 4.78 is 7.48. The quantitative estimate of drug-likeness (QED) is 0.735. The highest BCUT2D eigenvalue weighted by Gasteiger charge is 2.36. The maximum atomic E-state index is 5.55. The van der Waals surface area contributed by atoms with Crippen molar-refractivity contribution in [3.05, 3.63) is 18.0 Å². The van der Waals surface area contributed by atoms with E-state index in [9.17, 15) is 0 Å². The Morgan fingerprint density at radius 3 is 2.88 bits per heavy atom. The molecule has 1 aliphatic rings. The summed E-state index contributed by atoms with van der Waals surface area (Å²) in [7, 11) is 3.81. The highest BCUT2D eigenvalue weighted by molar-refractivity contribution is 5.00. The van der Waals surface area contributed by atoms with Crippen LogP contribution in [0.15, 0.2) is 12.3 Å². The fourth-order valence-electron chi connectivity index (χ4n) is 2.20. The number of hydrogen-bond acceptors (Lipinski definition) is 3. The summed E-state index contributed by atoms with van der Waals surface area (Å²) >= 11 is 0. The molecule has 0 saturated heterocycles. The van der Waals surface area contributed by atoms with E-state index in [2.05, 4.69) is 16.5 Å². The minimum atomic E-state index is 0.131. The first-order chi connectivity index (χ1) is 7.76. The van der Waals surface area contributed by atoms with Gasteiger partial charge in [0.15, 0.2) is 0 Å². The number of aromatic nitrogens is 2. The maximum absolute atomic E-state index is 5.55. The van der Waals surface area contributed by atoms with Crippen molar-refractivity contribution in [3.63, 3.8) is 0 Å². The third kappa shape index (κ3) is 2.44. The monoisotopic (exact) mass is 223 g/mol. The van der Waals surface area contributed by atoms with Crippen molar-refractivity contribution in [1.82, 2.24) is 15.1 Å². The summed E-state index contributed by atoms with van der Waals surface area (Å²) in [6, 6.07) is 2.07. The normalized spacial score (nSPS) is 18.4. The number of ether oxygens (including phenoxy) is 1. The summed E-state index contributed by atoms with van der Waals surface area (Å²) in [5.41, 5.74) is 1.40. The second-order valence-electron chi connectivity index (χ2n) is 4.61. The minimum Gasteiger partial charge on any atom is -0.377 e. The molecule has 1 N–H and O–H groups in total. The first-order valence-corrected chi connectivity index (χ1v) is 5.98. The summed E-state index contributed by atoms with van der Waals surface area (Å²) in [4.78, 5) is 0. The summed E-state index contributed by atoms with van der Waals surface area (Å²) in [5.74, 6) is 0. The molecule has 0 unspecified atom stereocenters. The van der Waals surface area contributed by atoms with E-state index >= 15 is 0 Å². The highest BCUT2D eigenvalue weighted by atomic mass is 16.5. The Hall–Kier alpha value is -0.870. The predicted octanol–water partition coefficient (Wildman–Crippen LogP) is 1.12. The van der Waals surface area contributed by atoms with E-state index in [0.29, 0.717) is 0 Å². The van der Waals surface area contributed by atoms with E-state index in [1.807, 2.05) is 25.0 Å². The van der Waals surface area contributed by atoms with Crippen molar-refractivity contribution >= 4 is 0 Å². The molecule has 1 aromatic rings. The number of hydrogen-bond donors (Lipinski definition) is 1. The van der Waals surface area contributed by atoms with Crippen LogP contribution in [0.25, 0.3) is 0 Å². The van der Waals surface area contributed by atoms with Gasteiger partial charge in [0.25, 0.3) is 0 Å². The summed E-state index contributed by atoms with van der Waals surface area (Å²) in [6.45, 7) is 1.96. The lowest BCUT2D eigenvalue weighted by Crippen LogP contribution is -2.48. The molecular formula is C12H21N3O. The Bertz CT molecular complexity index is 325. The van der Waals surface area contributed by atoms with E-state index in [4.69, 9.17) is 4.74 Å². The van der Waals surface area contributed by atoms with E-state index in [0.717, 1.165) is 19.5 Å². The van der Waals surface area contributed by atoms with E-state index < -0.39 is 0 Å². The molecule has 1 fully saturated rings. The molecule has 2 rings (SSSR count). The molecule has 0 amide bonds. The lowest BCUT2D eigenvalue weighted by Gasteiger charge is -2.40. The Morgan fingerprint density at radius 2 is 2.38 bits per heavy atom. The molecule has 4 heteroatoms. The van der Waals surface area contributed by atoms with Crippen molar-refractivity contribution in [2.75, 3.05) is 20.2 Å². The van der Waals surface area contributed by atoms with Gasteiger partial charge in [-0.25, -0.2) is 0 Å². The van der Waals surface area contributed by atoms with Crippen molar-refractivity contribution < 1.29 is 4.74 Å². The molecule has 0 radical (unpaired) electrons. The SMILES string of the molecule is COC1(CNCCc2ccnn2C)CCC1. The first-order valence-electron chi connectivity index (χ1n) is 5.98.